The molecule has 9 nitrogen and oxygen atoms in total. The molecule has 25 heavy (non-hydrogen) atoms. The Morgan fingerprint density at radius 2 is 1.80 bits per heavy atom. The van der Waals surface area contributed by atoms with Gasteiger partial charge in [-0.25, -0.2) is 9.48 Å². The zero-order valence-corrected chi connectivity index (χ0v) is 14.0. The van der Waals surface area contributed by atoms with E-state index in [1.807, 2.05) is 30.3 Å². The highest BCUT2D eigenvalue weighted by Gasteiger charge is 2.32. The second kappa shape index (κ2) is 7.73. The van der Waals surface area contributed by atoms with Crippen LogP contribution < -0.4 is 0 Å². The number of rotatable bonds is 4. The summed E-state index contributed by atoms with van der Waals surface area (Å²) >= 11 is 0. The third-order valence-electron chi connectivity index (χ3n) is 4.10. The molecule has 2 aromatic rings. The van der Waals surface area contributed by atoms with Crippen molar-refractivity contribution in [3.05, 3.63) is 42.2 Å². The van der Waals surface area contributed by atoms with Crippen molar-refractivity contribution in [2.75, 3.05) is 32.8 Å². The van der Waals surface area contributed by atoms with Gasteiger partial charge in [-0.15, -0.1) is 5.10 Å². The van der Waals surface area contributed by atoms with Crippen LogP contribution >= 0.6 is 0 Å². The highest BCUT2D eigenvalue weighted by molar-refractivity contribution is 5.84. The minimum Gasteiger partial charge on any atom is -0.450 e. The highest BCUT2D eigenvalue weighted by Crippen LogP contribution is 2.20. The molecule has 0 radical (unpaired) electrons. The van der Waals surface area contributed by atoms with Crippen LogP contribution in [-0.4, -0.2) is 74.8 Å². The molecule has 1 aliphatic heterocycles. The fraction of sp³-hybridized carbons (Fsp3) is 0.438. The standard InChI is InChI=1S/C16H20N6O3/c1-2-25-16(24)21-10-8-20(9-11-21)15(23)14(22-12-17-18-19-22)13-6-4-3-5-7-13/h3-7,12,14H,2,8-11H2,1H3/t14-/m0/s1. The largest absolute Gasteiger partial charge is 0.450 e. The predicted molar refractivity (Wildman–Crippen MR) is 87.6 cm³/mol. The zero-order valence-electron chi connectivity index (χ0n) is 14.0. The van der Waals surface area contributed by atoms with Crippen LogP contribution in [-0.2, 0) is 9.53 Å². The second-order valence-corrected chi connectivity index (χ2v) is 5.61. The van der Waals surface area contributed by atoms with Crippen molar-refractivity contribution in [3.8, 4) is 0 Å². The summed E-state index contributed by atoms with van der Waals surface area (Å²) in [6, 6.07) is 8.77. The molecule has 1 aromatic heterocycles. The molecule has 0 N–H and O–H groups in total. The van der Waals surface area contributed by atoms with Gasteiger partial charge in [-0.05, 0) is 22.9 Å². The first-order valence-electron chi connectivity index (χ1n) is 8.18. The Balaban J connectivity index is 1.73. The number of tetrazole rings is 1. The average molecular weight is 344 g/mol. The van der Waals surface area contributed by atoms with Gasteiger partial charge in [-0.1, -0.05) is 30.3 Å². The number of amides is 2. The average Bonchev–Trinajstić information content (AvgIpc) is 3.17. The summed E-state index contributed by atoms with van der Waals surface area (Å²) in [5, 5.41) is 11.2. The summed E-state index contributed by atoms with van der Waals surface area (Å²) in [7, 11) is 0. The molecule has 1 aromatic carbocycles. The number of piperazine rings is 1. The van der Waals surface area contributed by atoms with Gasteiger partial charge in [0.25, 0.3) is 5.91 Å². The van der Waals surface area contributed by atoms with E-state index in [2.05, 4.69) is 15.5 Å². The van der Waals surface area contributed by atoms with Gasteiger partial charge in [0.1, 0.15) is 6.33 Å². The summed E-state index contributed by atoms with van der Waals surface area (Å²) in [5.74, 6) is -0.0954. The van der Waals surface area contributed by atoms with Crippen molar-refractivity contribution in [1.82, 2.24) is 30.0 Å². The van der Waals surface area contributed by atoms with Gasteiger partial charge in [-0.2, -0.15) is 0 Å². The topological polar surface area (TPSA) is 93.5 Å². The summed E-state index contributed by atoms with van der Waals surface area (Å²) in [6.07, 6.45) is 1.10. The van der Waals surface area contributed by atoms with E-state index in [1.54, 1.807) is 16.7 Å². The summed E-state index contributed by atoms with van der Waals surface area (Å²) in [5.41, 5.74) is 0.813. The normalized spacial score (nSPS) is 15.7. The molecular formula is C16H20N6O3. The molecule has 1 aliphatic rings. The van der Waals surface area contributed by atoms with Crippen LogP contribution in [0.4, 0.5) is 4.79 Å². The van der Waals surface area contributed by atoms with Gasteiger partial charge >= 0.3 is 6.09 Å². The quantitative estimate of drug-likeness (QED) is 0.805. The lowest BCUT2D eigenvalue weighted by Gasteiger charge is -2.35. The van der Waals surface area contributed by atoms with E-state index in [-0.39, 0.29) is 12.0 Å². The van der Waals surface area contributed by atoms with Gasteiger partial charge in [-0.3, -0.25) is 4.79 Å². The lowest BCUT2D eigenvalue weighted by atomic mass is 10.1. The molecule has 0 spiro atoms. The molecule has 2 heterocycles. The van der Waals surface area contributed by atoms with Crippen LogP contribution in [0.15, 0.2) is 36.7 Å². The Bertz CT molecular complexity index is 698. The molecular weight excluding hydrogens is 324 g/mol. The van der Waals surface area contributed by atoms with Gasteiger partial charge in [0.2, 0.25) is 0 Å². The molecule has 0 bridgehead atoms. The fourth-order valence-electron chi connectivity index (χ4n) is 2.83. The predicted octanol–water partition coefficient (Wildman–Crippen LogP) is 0.563. The van der Waals surface area contributed by atoms with Gasteiger partial charge in [0, 0.05) is 26.2 Å². The van der Waals surface area contributed by atoms with Crippen molar-refractivity contribution < 1.29 is 14.3 Å². The number of aromatic nitrogens is 4. The van der Waals surface area contributed by atoms with E-state index in [4.69, 9.17) is 4.74 Å². The van der Waals surface area contributed by atoms with E-state index in [9.17, 15) is 9.59 Å². The lowest BCUT2D eigenvalue weighted by Crippen LogP contribution is -2.52. The minimum absolute atomic E-state index is 0.0954. The molecule has 9 heteroatoms. The lowest BCUT2D eigenvalue weighted by molar-refractivity contribution is -0.135. The van der Waals surface area contributed by atoms with Crippen LogP contribution in [0.1, 0.15) is 18.5 Å². The maximum absolute atomic E-state index is 13.1. The highest BCUT2D eigenvalue weighted by atomic mass is 16.6. The fourth-order valence-corrected chi connectivity index (χ4v) is 2.83. The SMILES string of the molecule is CCOC(=O)N1CCN(C(=O)[C@H](c2ccccc2)n2cnnn2)CC1. The Hall–Kier alpha value is -2.97. The third kappa shape index (κ3) is 3.76. The van der Waals surface area contributed by atoms with E-state index in [0.717, 1.165) is 5.56 Å². The maximum Gasteiger partial charge on any atom is 0.409 e. The Kier molecular flexibility index (Phi) is 5.22. The monoisotopic (exact) mass is 344 g/mol. The number of carbonyl (C=O) groups is 2. The number of benzene rings is 1. The number of hydrogen-bond acceptors (Lipinski definition) is 6. The maximum atomic E-state index is 13.1. The molecule has 1 atom stereocenters. The van der Waals surface area contributed by atoms with Crippen LogP contribution in [0.3, 0.4) is 0 Å². The Labute approximate surface area is 145 Å². The first-order chi connectivity index (χ1) is 12.2. The number of hydrogen-bond donors (Lipinski definition) is 0. The van der Waals surface area contributed by atoms with Gasteiger partial charge in [0.15, 0.2) is 6.04 Å². The summed E-state index contributed by atoms with van der Waals surface area (Å²) in [4.78, 5) is 28.2. The van der Waals surface area contributed by atoms with Crippen LogP contribution in [0, 0.1) is 0 Å². The van der Waals surface area contributed by atoms with Crippen molar-refractivity contribution in [2.24, 2.45) is 0 Å². The first kappa shape index (κ1) is 16.9. The van der Waals surface area contributed by atoms with Crippen LogP contribution in [0.5, 0.6) is 0 Å². The summed E-state index contributed by atoms with van der Waals surface area (Å²) < 4.78 is 6.46. The molecule has 1 saturated heterocycles. The minimum atomic E-state index is -0.620. The molecule has 0 aliphatic carbocycles. The smallest absolute Gasteiger partial charge is 0.409 e. The molecule has 3 rings (SSSR count). The number of carbonyl (C=O) groups excluding carboxylic acids is 2. The molecule has 132 valence electrons. The van der Waals surface area contributed by atoms with Gasteiger partial charge in [0.05, 0.1) is 6.61 Å². The number of nitrogens with zero attached hydrogens (tertiary/aromatic N) is 6. The van der Waals surface area contributed by atoms with Gasteiger partial charge < -0.3 is 14.5 Å². The second-order valence-electron chi connectivity index (χ2n) is 5.61. The molecule has 0 unspecified atom stereocenters. The number of ether oxygens (including phenoxy) is 1. The third-order valence-corrected chi connectivity index (χ3v) is 4.10. The molecule has 0 saturated carbocycles. The summed E-state index contributed by atoms with van der Waals surface area (Å²) in [6.45, 7) is 3.90. The van der Waals surface area contributed by atoms with Crippen LogP contribution in [0.25, 0.3) is 0 Å². The Morgan fingerprint density at radius 3 is 2.40 bits per heavy atom. The van der Waals surface area contributed by atoms with E-state index in [1.165, 1.54) is 11.0 Å². The van der Waals surface area contributed by atoms with E-state index < -0.39 is 6.04 Å². The van der Waals surface area contributed by atoms with E-state index >= 15 is 0 Å². The molecule has 2 amide bonds. The Morgan fingerprint density at radius 1 is 1.12 bits per heavy atom. The van der Waals surface area contributed by atoms with Crippen molar-refractivity contribution in [2.45, 2.75) is 13.0 Å². The van der Waals surface area contributed by atoms with Crippen molar-refractivity contribution in [3.63, 3.8) is 0 Å². The van der Waals surface area contributed by atoms with E-state index in [0.29, 0.717) is 32.8 Å². The molecule has 1 fully saturated rings. The van der Waals surface area contributed by atoms with Crippen molar-refractivity contribution in [1.29, 1.82) is 0 Å². The first-order valence-corrected chi connectivity index (χ1v) is 8.18. The van der Waals surface area contributed by atoms with Crippen LogP contribution in [0.2, 0.25) is 0 Å². The van der Waals surface area contributed by atoms with Crippen molar-refractivity contribution >= 4 is 12.0 Å². The zero-order chi connectivity index (χ0) is 17.6.